The van der Waals surface area contributed by atoms with Crippen LogP contribution in [0, 0.1) is 10.1 Å². The molecule has 0 unspecified atom stereocenters. The molecule has 8 heteroatoms. The molecule has 0 aliphatic carbocycles. The van der Waals surface area contributed by atoms with E-state index in [1.165, 1.54) is 18.2 Å². The van der Waals surface area contributed by atoms with Gasteiger partial charge in [0.05, 0.1) is 11.0 Å². The molecule has 1 heterocycles. The molecule has 1 atom stereocenters. The van der Waals surface area contributed by atoms with Gasteiger partial charge in [-0.05, 0) is 25.1 Å². The summed E-state index contributed by atoms with van der Waals surface area (Å²) >= 11 is 0. The van der Waals surface area contributed by atoms with Gasteiger partial charge in [-0.1, -0.05) is 6.07 Å². The van der Waals surface area contributed by atoms with Crippen molar-refractivity contribution < 1.29 is 23.9 Å². The summed E-state index contributed by atoms with van der Waals surface area (Å²) in [7, 11) is 0. The number of non-ortho nitro benzene ring substituents is 1. The number of nitro benzene ring substituents is 1. The second-order valence-electron chi connectivity index (χ2n) is 5.07. The second kappa shape index (κ2) is 6.45. The number of nitrogens with zero attached hydrogens (tertiary/aromatic N) is 1. The van der Waals surface area contributed by atoms with Crippen molar-refractivity contribution in [2.45, 2.75) is 13.0 Å². The highest BCUT2D eigenvalue weighted by atomic mass is 16.7. The van der Waals surface area contributed by atoms with Crippen molar-refractivity contribution in [3.63, 3.8) is 0 Å². The van der Waals surface area contributed by atoms with Crippen molar-refractivity contribution in [1.29, 1.82) is 0 Å². The molecule has 124 valence electrons. The average molecular weight is 330 g/mol. The van der Waals surface area contributed by atoms with Crippen LogP contribution in [-0.2, 0) is 4.79 Å². The lowest BCUT2D eigenvalue weighted by atomic mass is 10.2. The van der Waals surface area contributed by atoms with Crippen LogP contribution in [0.25, 0.3) is 0 Å². The van der Waals surface area contributed by atoms with E-state index in [4.69, 9.17) is 14.2 Å². The molecule has 1 aliphatic rings. The largest absolute Gasteiger partial charge is 0.481 e. The molecule has 0 aromatic heterocycles. The van der Waals surface area contributed by atoms with Crippen LogP contribution in [0.4, 0.5) is 11.4 Å². The summed E-state index contributed by atoms with van der Waals surface area (Å²) in [6.07, 6.45) is -0.836. The Bertz CT molecular complexity index is 792. The number of nitro groups is 1. The highest BCUT2D eigenvalue weighted by Gasteiger charge is 2.18. The van der Waals surface area contributed by atoms with Crippen LogP contribution in [0.2, 0.25) is 0 Å². The zero-order valence-corrected chi connectivity index (χ0v) is 12.7. The number of fused-ring (bicyclic) bond motifs is 1. The van der Waals surface area contributed by atoms with Gasteiger partial charge in [-0.3, -0.25) is 14.9 Å². The summed E-state index contributed by atoms with van der Waals surface area (Å²) in [5.41, 5.74) is 0.439. The number of nitrogens with one attached hydrogen (secondary N) is 1. The van der Waals surface area contributed by atoms with Crippen LogP contribution in [-0.4, -0.2) is 23.7 Å². The van der Waals surface area contributed by atoms with Crippen LogP contribution in [0.15, 0.2) is 42.5 Å². The van der Waals surface area contributed by atoms with E-state index in [0.29, 0.717) is 17.2 Å². The van der Waals surface area contributed by atoms with Crippen LogP contribution in [0.5, 0.6) is 17.2 Å². The van der Waals surface area contributed by atoms with Gasteiger partial charge in [-0.25, -0.2) is 0 Å². The van der Waals surface area contributed by atoms with E-state index in [0.717, 1.165) is 0 Å². The maximum atomic E-state index is 12.2. The van der Waals surface area contributed by atoms with Gasteiger partial charge < -0.3 is 19.5 Å². The van der Waals surface area contributed by atoms with Gasteiger partial charge in [-0.2, -0.15) is 0 Å². The average Bonchev–Trinajstić information content (AvgIpc) is 3.02. The molecule has 2 aromatic rings. The Morgan fingerprint density at radius 1 is 1.25 bits per heavy atom. The number of carbonyl (C=O) groups is 1. The predicted octanol–water partition coefficient (Wildman–Crippen LogP) is 2.73. The topological polar surface area (TPSA) is 99.9 Å². The molecule has 3 rings (SSSR count). The van der Waals surface area contributed by atoms with E-state index in [-0.39, 0.29) is 24.1 Å². The van der Waals surface area contributed by atoms with Gasteiger partial charge in [0.1, 0.15) is 5.75 Å². The summed E-state index contributed by atoms with van der Waals surface area (Å²) < 4.78 is 15.9. The first kappa shape index (κ1) is 15.6. The molecule has 8 nitrogen and oxygen atoms in total. The van der Waals surface area contributed by atoms with Crippen molar-refractivity contribution >= 4 is 17.3 Å². The Hall–Kier alpha value is -3.29. The molecular formula is C16H14N2O6. The summed E-state index contributed by atoms with van der Waals surface area (Å²) in [6.45, 7) is 1.71. The molecule has 0 fully saturated rings. The first-order valence-corrected chi connectivity index (χ1v) is 7.14. The Morgan fingerprint density at radius 3 is 2.83 bits per heavy atom. The van der Waals surface area contributed by atoms with Crippen LogP contribution in [0.1, 0.15) is 6.92 Å². The van der Waals surface area contributed by atoms with Gasteiger partial charge in [0.2, 0.25) is 6.79 Å². The highest BCUT2D eigenvalue weighted by Crippen LogP contribution is 2.34. The van der Waals surface area contributed by atoms with Crippen molar-refractivity contribution in [1.82, 2.24) is 0 Å². The lowest BCUT2D eigenvalue weighted by Gasteiger charge is -2.14. The van der Waals surface area contributed by atoms with E-state index in [1.807, 2.05) is 0 Å². The lowest BCUT2D eigenvalue weighted by Crippen LogP contribution is -2.30. The minimum absolute atomic E-state index is 0.101. The number of carbonyl (C=O) groups excluding carboxylic acids is 1. The van der Waals surface area contributed by atoms with E-state index in [9.17, 15) is 14.9 Å². The van der Waals surface area contributed by atoms with Gasteiger partial charge >= 0.3 is 0 Å². The number of benzene rings is 2. The fourth-order valence-corrected chi connectivity index (χ4v) is 2.15. The fourth-order valence-electron chi connectivity index (χ4n) is 2.15. The van der Waals surface area contributed by atoms with Crippen molar-refractivity contribution in [3.8, 4) is 17.2 Å². The van der Waals surface area contributed by atoms with Crippen molar-refractivity contribution in [2.75, 3.05) is 12.1 Å². The third kappa shape index (κ3) is 3.37. The summed E-state index contributed by atoms with van der Waals surface area (Å²) in [6, 6.07) is 10.7. The normalized spacial score (nSPS) is 13.2. The molecule has 1 amide bonds. The van der Waals surface area contributed by atoms with Crippen LogP contribution in [0.3, 0.4) is 0 Å². The molecule has 24 heavy (non-hydrogen) atoms. The van der Waals surface area contributed by atoms with Gasteiger partial charge in [-0.15, -0.1) is 0 Å². The van der Waals surface area contributed by atoms with Crippen molar-refractivity contribution in [2.24, 2.45) is 0 Å². The van der Waals surface area contributed by atoms with Gasteiger partial charge in [0.25, 0.3) is 11.6 Å². The first-order valence-electron chi connectivity index (χ1n) is 7.14. The predicted molar refractivity (Wildman–Crippen MR) is 84.4 cm³/mol. The van der Waals surface area contributed by atoms with Crippen LogP contribution < -0.4 is 19.5 Å². The van der Waals surface area contributed by atoms with Crippen LogP contribution >= 0.6 is 0 Å². The Balaban J connectivity index is 1.64. The number of ether oxygens (including phenoxy) is 3. The lowest BCUT2D eigenvalue weighted by molar-refractivity contribution is -0.384. The summed E-state index contributed by atoms with van der Waals surface area (Å²) in [5, 5.41) is 13.5. The SMILES string of the molecule is C[C@H](Oc1cccc([N+](=O)[O-])c1)C(=O)Nc1ccc2c(c1)OCO2. The molecular weight excluding hydrogens is 316 g/mol. The zero-order valence-electron chi connectivity index (χ0n) is 12.7. The summed E-state index contributed by atoms with van der Waals surface area (Å²) in [5.74, 6) is 1.03. The number of rotatable bonds is 5. The van der Waals surface area contributed by atoms with E-state index >= 15 is 0 Å². The second-order valence-corrected chi connectivity index (χ2v) is 5.07. The monoisotopic (exact) mass is 330 g/mol. The molecule has 0 spiro atoms. The van der Waals surface area contributed by atoms with E-state index in [1.54, 1.807) is 31.2 Å². The van der Waals surface area contributed by atoms with E-state index < -0.39 is 11.0 Å². The molecule has 0 radical (unpaired) electrons. The molecule has 1 N–H and O–H groups in total. The molecule has 2 aromatic carbocycles. The quantitative estimate of drug-likeness (QED) is 0.668. The van der Waals surface area contributed by atoms with Gasteiger partial charge in [0.15, 0.2) is 17.6 Å². The minimum atomic E-state index is -0.836. The molecule has 1 aliphatic heterocycles. The molecule has 0 saturated heterocycles. The zero-order chi connectivity index (χ0) is 17.1. The minimum Gasteiger partial charge on any atom is -0.481 e. The van der Waals surface area contributed by atoms with Crippen molar-refractivity contribution in [3.05, 3.63) is 52.6 Å². The molecule has 0 bridgehead atoms. The maximum Gasteiger partial charge on any atom is 0.273 e. The smallest absolute Gasteiger partial charge is 0.273 e. The summed E-state index contributed by atoms with van der Waals surface area (Å²) in [4.78, 5) is 22.4. The van der Waals surface area contributed by atoms with E-state index in [2.05, 4.69) is 5.32 Å². The first-order chi connectivity index (χ1) is 11.5. The van der Waals surface area contributed by atoms with Gasteiger partial charge in [0, 0.05) is 17.8 Å². The third-order valence-corrected chi connectivity index (χ3v) is 3.35. The number of amides is 1. The Kier molecular flexibility index (Phi) is 4.19. The number of anilines is 1. The highest BCUT2D eigenvalue weighted by molar-refractivity contribution is 5.94. The molecule has 0 saturated carbocycles. The number of hydrogen-bond donors (Lipinski definition) is 1. The maximum absolute atomic E-state index is 12.2. The Labute approximate surface area is 137 Å². The number of hydrogen-bond acceptors (Lipinski definition) is 6. The third-order valence-electron chi connectivity index (χ3n) is 3.35. The standard InChI is InChI=1S/C16H14N2O6/c1-10(24-13-4-2-3-12(8-13)18(20)21)16(19)17-11-5-6-14-15(7-11)23-9-22-14/h2-8,10H,9H2,1H3,(H,17,19)/t10-/m0/s1. The Morgan fingerprint density at radius 2 is 2.04 bits per heavy atom. The fraction of sp³-hybridized carbons (Fsp3) is 0.188.